The summed E-state index contributed by atoms with van der Waals surface area (Å²) in [5.41, 5.74) is -4.98. The lowest BCUT2D eigenvalue weighted by atomic mass is 9.84. The van der Waals surface area contributed by atoms with E-state index in [-0.39, 0.29) is 12.0 Å². The summed E-state index contributed by atoms with van der Waals surface area (Å²) in [7, 11) is -5.90. The van der Waals surface area contributed by atoms with Crippen LogP contribution < -0.4 is 4.18 Å². The summed E-state index contributed by atoms with van der Waals surface area (Å²) in [4.78, 5) is 48.0. The van der Waals surface area contributed by atoms with Crippen molar-refractivity contribution in [2.24, 2.45) is 0 Å². The number of halogens is 3. The second kappa shape index (κ2) is 13.8. The third kappa shape index (κ3) is 8.70. The van der Waals surface area contributed by atoms with Crippen LogP contribution in [0.5, 0.6) is 5.75 Å². The summed E-state index contributed by atoms with van der Waals surface area (Å²) in [6.07, 6.45) is -6.56. The highest BCUT2D eigenvalue weighted by atomic mass is 32.2. The van der Waals surface area contributed by atoms with Crippen LogP contribution in [0.1, 0.15) is 44.4 Å². The summed E-state index contributed by atoms with van der Waals surface area (Å²) in [5.74, 6) is -6.72. The molecule has 0 aromatic heterocycles. The molecule has 0 unspecified atom stereocenters. The molecule has 17 heteroatoms. The van der Waals surface area contributed by atoms with Gasteiger partial charge in [0.15, 0.2) is 12.2 Å². The number of benzene rings is 2. The van der Waals surface area contributed by atoms with Crippen LogP contribution in [0.2, 0.25) is 0 Å². The highest BCUT2D eigenvalue weighted by Gasteiger charge is 2.60. The minimum atomic E-state index is -5.90. The first-order valence-electron chi connectivity index (χ1n) is 13.1. The molecule has 0 bridgehead atoms. The predicted octanol–water partition coefficient (Wildman–Crippen LogP) is 2.41. The monoisotopic (exact) mass is 662 g/mol. The molecule has 2 aromatic carbocycles. The van der Waals surface area contributed by atoms with E-state index in [2.05, 4.69) is 4.18 Å². The fourth-order valence-corrected chi connectivity index (χ4v) is 5.04. The molecule has 45 heavy (non-hydrogen) atoms. The van der Waals surface area contributed by atoms with E-state index in [1.807, 2.05) is 0 Å². The summed E-state index contributed by atoms with van der Waals surface area (Å²) < 4.78 is 92.0. The SMILES string of the molecule is CC(=O)OC[C@H]1O[C@](O)(c2ccccc2Cc2ccc(OS(=O)(=O)C(F)(F)F)cc2)[C@H](OC(C)=O)[C@@H](OC(C)=O)[C@@H]1OC(C)=O. The standard InChI is InChI=1S/C28H29F3O13S/c1-15(32)39-14-23-24(40-16(2)33)25(41-17(3)34)26(42-18(4)35)27(36,43-23)22-8-6-5-7-20(22)13-19-9-11-21(12-10-19)44-45(37,38)28(29,30)31/h5-12,23-26,36H,13-14H2,1-4H3/t23-,24-,25+,26-,27-/m1/s1. The number of rotatable bonds is 10. The van der Waals surface area contributed by atoms with E-state index >= 15 is 0 Å². The summed E-state index contributed by atoms with van der Waals surface area (Å²) in [6.45, 7) is 3.56. The molecule has 1 N–H and O–H groups in total. The number of carbonyl (C=O) groups is 4. The van der Waals surface area contributed by atoms with Gasteiger partial charge >= 0.3 is 39.5 Å². The summed E-state index contributed by atoms with van der Waals surface area (Å²) in [5, 5.41) is 12.2. The molecule has 1 fully saturated rings. The molecule has 1 heterocycles. The quantitative estimate of drug-likeness (QED) is 0.170. The van der Waals surface area contributed by atoms with Crippen molar-refractivity contribution in [3.8, 4) is 5.75 Å². The third-order valence-corrected chi connectivity index (χ3v) is 7.24. The normalized spacial score (nSPS) is 23.4. The molecule has 3 rings (SSSR count). The Morgan fingerprint density at radius 2 is 1.40 bits per heavy atom. The van der Waals surface area contributed by atoms with Crippen molar-refractivity contribution >= 4 is 34.0 Å². The van der Waals surface area contributed by atoms with Gasteiger partial charge in [-0.05, 0) is 29.7 Å². The average molecular weight is 663 g/mol. The van der Waals surface area contributed by atoms with Gasteiger partial charge in [0.25, 0.3) is 0 Å². The number of alkyl halides is 3. The van der Waals surface area contributed by atoms with Crippen molar-refractivity contribution in [3.63, 3.8) is 0 Å². The molecule has 246 valence electrons. The first kappa shape index (κ1) is 35.3. The van der Waals surface area contributed by atoms with Gasteiger partial charge in [0.2, 0.25) is 11.9 Å². The zero-order chi connectivity index (χ0) is 33.7. The Bertz CT molecular complexity index is 1520. The van der Waals surface area contributed by atoms with Crippen molar-refractivity contribution in [2.75, 3.05) is 6.61 Å². The zero-order valence-electron chi connectivity index (χ0n) is 24.2. The number of esters is 4. The molecule has 1 aliphatic rings. The highest BCUT2D eigenvalue weighted by Crippen LogP contribution is 2.42. The van der Waals surface area contributed by atoms with Gasteiger partial charge in [-0.3, -0.25) is 19.2 Å². The van der Waals surface area contributed by atoms with Crippen molar-refractivity contribution in [1.29, 1.82) is 0 Å². The smallest absolute Gasteiger partial charge is 0.463 e. The maximum atomic E-state index is 12.7. The van der Waals surface area contributed by atoms with E-state index in [4.69, 9.17) is 23.7 Å². The molecule has 2 aromatic rings. The van der Waals surface area contributed by atoms with E-state index in [1.54, 1.807) is 6.07 Å². The van der Waals surface area contributed by atoms with Crippen molar-refractivity contribution in [3.05, 3.63) is 65.2 Å². The lowest BCUT2D eigenvalue weighted by Crippen LogP contribution is -2.66. The number of hydrogen-bond donors (Lipinski definition) is 1. The second-order valence-electron chi connectivity index (χ2n) is 9.79. The maximum Gasteiger partial charge on any atom is 0.534 e. The number of carbonyl (C=O) groups excluding carboxylic acids is 4. The number of hydrogen-bond acceptors (Lipinski definition) is 13. The lowest BCUT2D eigenvalue weighted by molar-refractivity contribution is -0.360. The predicted molar refractivity (Wildman–Crippen MR) is 143 cm³/mol. The molecular formula is C28H29F3O13S. The summed E-state index contributed by atoms with van der Waals surface area (Å²) >= 11 is 0. The van der Waals surface area contributed by atoms with Gasteiger partial charge in [-0.25, -0.2) is 0 Å². The van der Waals surface area contributed by atoms with Crippen LogP contribution in [0.15, 0.2) is 48.5 Å². The van der Waals surface area contributed by atoms with Crippen LogP contribution >= 0.6 is 0 Å². The van der Waals surface area contributed by atoms with Crippen LogP contribution in [-0.4, -0.2) is 73.9 Å². The van der Waals surface area contributed by atoms with Crippen molar-refractivity contribution < 1.29 is 73.7 Å². The van der Waals surface area contributed by atoms with E-state index in [9.17, 15) is 45.9 Å². The lowest BCUT2D eigenvalue weighted by Gasteiger charge is -2.49. The molecule has 5 atom stereocenters. The van der Waals surface area contributed by atoms with Crippen LogP contribution in [0.3, 0.4) is 0 Å². The van der Waals surface area contributed by atoms with E-state index in [0.29, 0.717) is 11.1 Å². The molecule has 1 saturated heterocycles. The molecule has 0 spiro atoms. The van der Waals surface area contributed by atoms with Gasteiger partial charge in [0, 0.05) is 33.3 Å². The van der Waals surface area contributed by atoms with Crippen LogP contribution in [0, 0.1) is 0 Å². The topological polar surface area (TPSA) is 178 Å². The summed E-state index contributed by atoms with van der Waals surface area (Å²) in [6, 6.07) is 10.5. The Morgan fingerprint density at radius 1 is 0.844 bits per heavy atom. The second-order valence-corrected chi connectivity index (χ2v) is 11.3. The number of ether oxygens (including phenoxy) is 5. The van der Waals surface area contributed by atoms with Gasteiger partial charge in [-0.15, -0.1) is 0 Å². The largest absolute Gasteiger partial charge is 0.534 e. The van der Waals surface area contributed by atoms with E-state index in [1.165, 1.54) is 30.3 Å². The van der Waals surface area contributed by atoms with Crippen LogP contribution in [0.4, 0.5) is 13.2 Å². The van der Waals surface area contributed by atoms with E-state index in [0.717, 1.165) is 39.8 Å². The van der Waals surface area contributed by atoms with Crippen LogP contribution in [-0.2, 0) is 65.2 Å². The van der Waals surface area contributed by atoms with Crippen molar-refractivity contribution in [1.82, 2.24) is 0 Å². The van der Waals surface area contributed by atoms with Gasteiger partial charge in [-0.2, -0.15) is 21.6 Å². The molecule has 13 nitrogen and oxygen atoms in total. The Balaban J connectivity index is 2.09. The third-order valence-electron chi connectivity index (χ3n) is 6.26. The first-order chi connectivity index (χ1) is 20.8. The Morgan fingerprint density at radius 3 is 1.93 bits per heavy atom. The molecule has 1 aliphatic heterocycles. The molecule has 0 radical (unpaired) electrons. The van der Waals surface area contributed by atoms with Gasteiger partial charge < -0.3 is 33.0 Å². The molecule has 0 aliphatic carbocycles. The molecule has 0 saturated carbocycles. The van der Waals surface area contributed by atoms with Gasteiger partial charge in [-0.1, -0.05) is 36.4 Å². The molecule has 0 amide bonds. The molecular weight excluding hydrogens is 633 g/mol. The number of aliphatic hydroxyl groups is 1. The Hall–Kier alpha value is -4.22. The van der Waals surface area contributed by atoms with E-state index < -0.39 is 82.1 Å². The minimum Gasteiger partial charge on any atom is -0.463 e. The first-order valence-corrected chi connectivity index (χ1v) is 14.5. The highest BCUT2D eigenvalue weighted by molar-refractivity contribution is 7.88. The Kier molecular flexibility index (Phi) is 10.8. The van der Waals surface area contributed by atoms with Gasteiger partial charge in [0.1, 0.15) is 18.5 Å². The zero-order valence-corrected chi connectivity index (χ0v) is 25.0. The minimum absolute atomic E-state index is 0.0394. The van der Waals surface area contributed by atoms with Crippen molar-refractivity contribution in [2.45, 2.75) is 69.8 Å². The van der Waals surface area contributed by atoms with Crippen LogP contribution in [0.25, 0.3) is 0 Å². The Labute approximate surface area is 255 Å². The van der Waals surface area contributed by atoms with Gasteiger partial charge in [0.05, 0.1) is 0 Å². The maximum absolute atomic E-state index is 12.7. The fourth-order valence-electron chi connectivity index (χ4n) is 4.58. The fraction of sp³-hybridized carbons (Fsp3) is 0.429. The average Bonchev–Trinajstić information content (AvgIpc) is 2.91.